The van der Waals surface area contributed by atoms with Crippen molar-refractivity contribution >= 4 is 27.1 Å². The van der Waals surface area contributed by atoms with Crippen LogP contribution >= 0.6 is 11.3 Å². The van der Waals surface area contributed by atoms with Gasteiger partial charge in [-0.1, -0.05) is 0 Å². The van der Waals surface area contributed by atoms with Crippen molar-refractivity contribution in [2.75, 3.05) is 11.5 Å². The van der Waals surface area contributed by atoms with Crippen LogP contribution in [0.15, 0.2) is 24.5 Å². The Morgan fingerprint density at radius 3 is 2.59 bits per heavy atom. The molecule has 1 N–H and O–H groups in total. The van der Waals surface area contributed by atoms with E-state index in [0.717, 1.165) is 15.4 Å². The molecule has 1 amide bonds. The van der Waals surface area contributed by atoms with E-state index in [9.17, 15) is 13.2 Å². The molecule has 7 heteroatoms. The highest BCUT2D eigenvalue weighted by Crippen LogP contribution is 2.31. The number of sulfone groups is 1. The maximum atomic E-state index is 12.6. The Hall–Kier alpha value is -1.60. The van der Waals surface area contributed by atoms with Gasteiger partial charge in [-0.15, -0.1) is 11.3 Å². The number of aromatic nitrogens is 1. The fourth-order valence-electron chi connectivity index (χ4n) is 2.69. The van der Waals surface area contributed by atoms with Crippen LogP contribution in [0.2, 0.25) is 0 Å². The summed E-state index contributed by atoms with van der Waals surface area (Å²) in [6.07, 6.45) is 4.30. The van der Waals surface area contributed by atoms with Crippen LogP contribution in [0.25, 0.3) is 5.00 Å². The summed E-state index contributed by atoms with van der Waals surface area (Å²) in [7, 11) is -3.00. The molecule has 3 heterocycles. The average molecular weight is 338 g/mol. The topological polar surface area (TPSA) is 68.2 Å². The maximum Gasteiger partial charge on any atom is 0.254 e. The summed E-state index contributed by atoms with van der Waals surface area (Å²) in [6, 6.07) is 3.54. The van der Waals surface area contributed by atoms with Gasteiger partial charge in [0.05, 0.1) is 17.1 Å². The third-order valence-electron chi connectivity index (χ3n) is 4.00. The predicted octanol–water partition coefficient (Wildman–Crippen LogP) is 2.07. The van der Waals surface area contributed by atoms with Gasteiger partial charge in [0.2, 0.25) is 0 Å². The largest absolute Gasteiger partial charge is 0.348 e. The molecular weight excluding hydrogens is 320 g/mol. The zero-order valence-corrected chi connectivity index (χ0v) is 14.1. The standard InChI is InChI=1S/C15H18N2O3S2/c1-10-11(2)21-15(17-6-3-4-7-17)13(10)14(18)16-12-5-8-22(19,20)9-12/h3-4,6-7,12H,5,8-9H2,1-2H3,(H,16,18)/t12-/m0/s1. The molecule has 0 aliphatic carbocycles. The summed E-state index contributed by atoms with van der Waals surface area (Å²) in [5.74, 6) is 0.0109. The lowest BCUT2D eigenvalue weighted by Crippen LogP contribution is -2.36. The summed E-state index contributed by atoms with van der Waals surface area (Å²) in [5, 5.41) is 3.76. The third-order valence-corrected chi connectivity index (χ3v) is 6.99. The number of amides is 1. The minimum absolute atomic E-state index is 0.0414. The van der Waals surface area contributed by atoms with Crippen LogP contribution in [0.5, 0.6) is 0 Å². The molecule has 0 unspecified atom stereocenters. The number of thiophene rings is 1. The van der Waals surface area contributed by atoms with Crippen LogP contribution in [0.1, 0.15) is 27.2 Å². The minimum atomic E-state index is -3.00. The van der Waals surface area contributed by atoms with E-state index in [-0.39, 0.29) is 23.5 Å². The first kappa shape index (κ1) is 15.3. The number of carbonyl (C=O) groups is 1. The Morgan fingerprint density at radius 2 is 2.00 bits per heavy atom. The van der Waals surface area contributed by atoms with E-state index >= 15 is 0 Å². The predicted molar refractivity (Wildman–Crippen MR) is 87.6 cm³/mol. The summed E-state index contributed by atoms with van der Waals surface area (Å²) in [4.78, 5) is 13.7. The second-order valence-electron chi connectivity index (χ2n) is 5.63. The molecule has 1 fully saturated rings. The molecule has 0 radical (unpaired) electrons. The molecule has 1 aliphatic heterocycles. The molecular formula is C15H18N2O3S2. The first-order valence-electron chi connectivity index (χ1n) is 7.12. The number of nitrogens with zero attached hydrogens (tertiary/aromatic N) is 1. The Bertz CT molecular complexity index is 804. The zero-order chi connectivity index (χ0) is 15.9. The quantitative estimate of drug-likeness (QED) is 0.931. The molecule has 22 heavy (non-hydrogen) atoms. The summed E-state index contributed by atoms with van der Waals surface area (Å²) < 4.78 is 25.0. The Balaban J connectivity index is 1.90. The van der Waals surface area contributed by atoms with Crippen molar-refractivity contribution in [1.29, 1.82) is 0 Å². The maximum absolute atomic E-state index is 12.6. The molecule has 1 atom stereocenters. The van der Waals surface area contributed by atoms with Crippen molar-refractivity contribution in [3.8, 4) is 5.00 Å². The number of carbonyl (C=O) groups excluding carboxylic acids is 1. The fourth-order valence-corrected chi connectivity index (χ4v) is 5.49. The van der Waals surface area contributed by atoms with Crippen LogP contribution in [0.4, 0.5) is 0 Å². The van der Waals surface area contributed by atoms with Crippen molar-refractivity contribution < 1.29 is 13.2 Å². The van der Waals surface area contributed by atoms with Gasteiger partial charge in [-0.25, -0.2) is 8.42 Å². The molecule has 118 valence electrons. The highest BCUT2D eigenvalue weighted by Gasteiger charge is 2.30. The second kappa shape index (κ2) is 5.55. The van der Waals surface area contributed by atoms with Gasteiger partial charge >= 0.3 is 0 Å². The second-order valence-corrected chi connectivity index (χ2v) is 9.06. The highest BCUT2D eigenvalue weighted by molar-refractivity contribution is 7.91. The van der Waals surface area contributed by atoms with E-state index in [1.807, 2.05) is 42.9 Å². The molecule has 0 saturated carbocycles. The van der Waals surface area contributed by atoms with Gasteiger partial charge in [-0.3, -0.25) is 4.79 Å². The monoisotopic (exact) mass is 338 g/mol. The molecule has 2 aromatic heterocycles. The van der Waals surface area contributed by atoms with Gasteiger partial charge in [-0.05, 0) is 38.0 Å². The van der Waals surface area contributed by atoms with Crippen molar-refractivity contribution in [3.05, 3.63) is 40.5 Å². The van der Waals surface area contributed by atoms with Crippen molar-refractivity contribution in [3.63, 3.8) is 0 Å². The lowest BCUT2D eigenvalue weighted by molar-refractivity contribution is 0.0941. The summed E-state index contributed by atoms with van der Waals surface area (Å²) in [6.45, 7) is 3.92. The van der Waals surface area contributed by atoms with Crippen molar-refractivity contribution in [2.24, 2.45) is 0 Å². The minimum Gasteiger partial charge on any atom is -0.348 e. The smallest absolute Gasteiger partial charge is 0.254 e. The van der Waals surface area contributed by atoms with Gasteiger partial charge < -0.3 is 9.88 Å². The number of hydrogen-bond acceptors (Lipinski definition) is 4. The van der Waals surface area contributed by atoms with Gasteiger partial charge in [-0.2, -0.15) is 0 Å². The first-order valence-corrected chi connectivity index (χ1v) is 9.76. The van der Waals surface area contributed by atoms with E-state index in [1.165, 1.54) is 0 Å². The molecule has 5 nitrogen and oxygen atoms in total. The van der Waals surface area contributed by atoms with E-state index in [0.29, 0.717) is 12.0 Å². The molecule has 0 aromatic carbocycles. The normalized spacial score (nSPS) is 20.2. The molecule has 2 aromatic rings. The summed E-state index contributed by atoms with van der Waals surface area (Å²) in [5.41, 5.74) is 1.59. The zero-order valence-electron chi connectivity index (χ0n) is 12.5. The van der Waals surface area contributed by atoms with Gasteiger partial charge in [0, 0.05) is 23.3 Å². The van der Waals surface area contributed by atoms with E-state index < -0.39 is 9.84 Å². The Kier molecular flexibility index (Phi) is 3.86. The number of aryl methyl sites for hydroxylation is 1. The Labute approximate surface area is 133 Å². The summed E-state index contributed by atoms with van der Waals surface area (Å²) >= 11 is 1.57. The number of nitrogens with one attached hydrogen (secondary N) is 1. The fraction of sp³-hybridized carbons (Fsp3) is 0.400. The average Bonchev–Trinajstić information content (AvgIpc) is 3.12. The highest BCUT2D eigenvalue weighted by atomic mass is 32.2. The van der Waals surface area contributed by atoms with Crippen molar-refractivity contribution in [1.82, 2.24) is 9.88 Å². The third kappa shape index (κ3) is 2.83. The van der Waals surface area contributed by atoms with Crippen LogP contribution in [-0.4, -0.2) is 36.4 Å². The van der Waals surface area contributed by atoms with Gasteiger partial charge in [0.25, 0.3) is 5.91 Å². The lowest BCUT2D eigenvalue weighted by Gasteiger charge is -2.12. The van der Waals surface area contributed by atoms with Gasteiger partial charge in [0.15, 0.2) is 9.84 Å². The molecule has 0 spiro atoms. The van der Waals surface area contributed by atoms with Gasteiger partial charge in [0.1, 0.15) is 5.00 Å². The molecule has 1 saturated heterocycles. The molecule has 0 bridgehead atoms. The molecule has 3 rings (SSSR count). The SMILES string of the molecule is Cc1sc(-n2cccc2)c(C(=O)N[C@H]2CCS(=O)(=O)C2)c1C. The van der Waals surface area contributed by atoms with E-state index in [1.54, 1.807) is 11.3 Å². The van der Waals surface area contributed by atoms with Crippen molar-refractivity contribution in [2.45, 2.75) is 26.3 Å². The van der Waals surface area contributed by atoms with E-state index in [4.69, 9.17) is 0 Å². The lowest BCUT2D eigenvalue weighted by atomic mass is 10.1. The van der Waals surface area contributed by atoms with Crippen LogP contribution < -0.4 is 5.32 Å². The van der Waals surface area contributed by atoms with Crippen LogP contribution in [0, 0.1) is 13.8 Å². The Morgan fingerprint density at radius 1 is 1.32 bits per heavy atom. The first-order chi connectivity index (χ1) is 10.4. The molecule has 1 aliphatic rings. The van der Waals surface area contributed by atoms with Crippen LogP contribution in [0.3, 0.4) is 0 Å². The number of rotatable bonds is 3. The number of hydrogen-bond donors (Lipinski definition) is 1. The van der Waals surface area contributed by atoms with E-state index in [2.05, 4.69) is 5.32 Å². The van der Waals surface area contributed by atoms with Crippen LogP contribution in [-0.2, 0) is 9.84 Å².